The maximum atomic E-state index is 12.6. The summed E-state index contributed by atoms with van der Waals surface area (Å²) in [6.07, 6.45) is 0. The third-order valence-electron chi connectivity index (χ3n) is 4.66. The van der Waals surface area contributed by atoms with E-state index in [9.17, 15) is 4.79 Å². The van der Waals surface area contributed by atoms with Gasteiger partial charge in [-0.05, 0) is 61.5 Å². The number of nitrogens with one attached hydrogen (secondary N) is 1. The van der Waals surface area contributed by atoms with Gasteiger partial charge in [-0.1, -0.05) is 47.1 Å². The van der Waals surface area contributed by atoms with Crippen LogP contribution >= 0.6 is 23.4 Å². The van der Waals surface area contributed by atoms with Crippen LogP contribution in [0.4, 0.5) is 5.69 Å². The summed E-state index contributed by atoms with van der Waals surface area (Å²) in [5.41, 5.74) is 5.17. The first kappa shape index (κ1) is 21.1. The third kappa shape index (κ3) is 4.62. The number of rotatable bonds is 6. The zero-order valence-electron chi connectivity index (χ0n) is 17.2. The average Bonchev–Trinajstić information content (AvgIpc) is 3.33. The maximum Gasteiger partial charge on any atom is 0.234 e. The molecule has 0 saturated carbocycles. The fourth-order valence-electron chi connectivity index (χ4n) is 3.11. The zero-order valence-corrected chi connectivity index (χ0v) is 18.8. The van der Waals surface area contributed by atoms with Crippen LogP contribution in [0.3, 0.4) is 0 Å². The van der Waals surface area contributed by atoms with Crippen molar-refractivity contribution in [3.8, 4) is 11.4 Å². The highest BCUT2D eigenvalue weighted by Crippen LogP contribution is 2.24. The number of hydrogen-bond donors (Lipinski definition) is 1. The van der Waals surface area contributed by atoms with E-state index >= 15 is 0 Å². The second kappa shape index (κ2) is 8.91. The molecule has 2 aromatic carbocycles. The molecule has 0 radical (unpaired) electrons. The van der Waals surface area contributed by atoms with E-state index in [4.69, 9.17) is 11.6 Å². The van der Waals surface area contributed by atoms with Crippen molar-refractivity contribution in [1.29, 1.82) is 0 Å². The van der Waals surface area contributed by atoms with E-state index in [1.54, 1.807) is 16.8 Å². The molecule has 2 heterocycles. The SMILES string of the molecule is Cc1ccc(-n2nc(C)c(NC(=O)CSc3nnnn3-c3cccc(Cl)c3)c2C)cc1. The van der Waals surface area contributed by atoms with E-state index in [1.807, 2.05) is 61.9 Å². The fourth-order valence-corrected chi connectivity index (χ4v) is 3.98. The van der Waals surface area contributed by atoms with E-state index in [-0.39, 0.29) is 11.7 Å². The molecule has 0 aliphatic rings. The van der Waals surface area contributed by atoms with Crippen LogP contribution in [0, 0.1) is 20.8 Å². The predicted molar refractivity (Wildman–Crippen MR) is 121 cm³/mol. The largest absolute Gasteiger partial charge is 0.322 e. The Bertz CT molecular complexity index is 1230. The van der Waals surface area contributed by atoms with Gasteiger partial charge in [-0.3, -0.25) is 4.79 Å². The normalized spacial score (nSPS) is 11.0. The van der Waals surface area contributed by atoms with Gasteiger partial charge in [-0.15, -0.1) is 5.10 Å². The Balaban J connectivity index is 1.46. The highest BCUT2D eigenvalue weighted by atomic mass is 35.5. The number of aromatic nitrogens is 6. The van der Waals surface area contributed by atoms with E-state index in [2.05, 4.69) is 25.9 Å². The maximum absolute atomic E-state index is 12.6. The van der Waals surface area contributed by atoms with Crippen molar-refractivity contribution in [2.45, 2.75) is 25.9 Å². The fraction of sp³-hybridized carbons (Fsp3) is 0.190. The molecule has 158 valence electrons. The van der Waals surface area contributed by atoms with Crippen LogP contribution in [0.5, 0.6) is 0 Å². The quantitative estimate of drug-likeness (QED) is 0.441. The van der Waals surface area contributed by atoms with E-state index < -0.39 is 0 Å². The number of amides is 1. The van der Waals surface area contributed by atoms with Crippen molar-refractivity contribution in [3.05, 3.63) is 70.5 Å². The highest BCUT2D eigenvalue weighted by Gasteiger charge is 2.17. The van der Waals surface area contributed by atoms with Crippen molar-refractivity contribution in [2.75, 3.05) is 11.1 Å². The number of anilines is 1. The van der Waals surface area contributed by atoms with Crippen molar-refractivity contribution in [1.82, 2.24) is 30.0 Å². The Hall–Kier alpha value is -3.17. The molecule has 1 N–H and O–H groups in total. The minimum absolute atomic E-state index is 0.148. The Labute approximate surface area is 188 Å². The molecule has 1 amide bonds. The van der Waals surface area contributed by atoms with Crippen molar-refractivity contribution in [3.63, 3.8) is 0 Å². The average molecular weight is 454 g/mol. The van der Waals surface area contributed by atoms with Gasteiger partial charge >= 0.3 is 0 Å². The first-order valence-corrected chi connectivity index (χ1v) is 10.9. The highest BCUT2D eigenvalue weighted by molar-refractivity contribution is 7.99. The van der Waals surface area contributed by atoms with Crippen LogP contribution in [0.2, 0.25) is 5.02 Å². The van der Waals surface area contributed by atoms with Crippen LogP contribution in [0.15, 0.2) is 53.7 Å². The van der Waals surface area contributed by atoms with Crippen molar-refractivity contribution in [2.24, 2.45) is 0 Å². The lowest BCUT2D eigenvalue weighted by Crippen LogP contribution is -2.15. The molecule has 0 unspecified atom stereocenters. The van der Waals surface area contributed by atoms with Gasteiger partial charge in [-0.2, -0.15) is 9.78 Å². The zero-order chi connectivity index (χ0) is 22.0. The Morgan fingerprint density at radius 3 is 2.58 bits per heavy atom. The number of benzene rings is 2. The summed E-state index contributed by atoms with van der Waals surface area (Å²) in [5, 5.41) is 20.4. The summed E-state index contributed by atoms with van der Waals surface area (Å²) in [7, 11) is 0. The van der Waals surface area contributed by atoms with Gasteiger partial charge in [-0.25, -0.2) is 4.68 Å². The molecular formula is C21H20ClN7OS. The Morgan fingerprint density at radius 2 is 1.84 bits per heavy atom. The molecule has 4 rings (SSSR count). The molecule has 2 aromatic heterocycles. The van der Waals surface area contributed by atoms with Gasteiger partial charge in [0.15, 0.2) is 0 Å². The number of aryl methyl sites for hydroxylation is 2. The molecule has 0 aliphatic carbocycles. The standard InChI is InChI=1S/C21H20ClN7OS/c1-13-7-9-17(10-8-13)28-15(3)20(14(2)25-28)23-19(30)12-31-21-24-26-27-29(21)18-6-4-5-16(22)11-18/h4-11H,12H2,1-3H3,(H,23,30). The number of carbonyl (C=O) groups is 1. The molecular weight excluding hydrogens is 434 g/mol. The summed E-state index contributed by atoms with van der Waals surface area (Å²) >= 11 is 7.30. The lowest BCUT2D eigenvalue weighted by atomic mass is 10.2. The van der Waals surface area contributed by atoms with Gasteiger partial charge in [0.2, 0.25) is 11.1 Å². The number of tetrazole rings is 1. The minimum atomic E-state index is -0.166. The molecule has 31 heavy (non-hydrogen) atoms. The molecule has 0 bridgehead atoms. The van der Waals surface area contributed by atoms with Crippen LogP contribution in [-0.4, -0.2) is 41.6 Å². The van der Waals surface area contributed by atoms with Crippen LogP contribution in [-0.2, 0) is 4.79 Å². The molecule has 0 fully saturated rings. The number of hydrogen-bond acceptors (Lipinski definition) is 6. The summed E-state index contributed by atoms with van der Waals surface area (Å²) in [6.45, 7) is 5.85. The lowest BCUT2D eigenvalue weighted by Gasteiger charge is -2.08. The van der Waals surface area contributed by atoms with E-state index in [1.165, 1.54) is 17.3 Å². The number of halogens is 1. The smallest absolute Gasteiger partial charge is 0.234 e. The topological polar surface area (TPSA) is 90.5 Å². The van der Waals surface area contributed by atoms with E-state index in [0.717, 1.165) is 22.8 Å². The molecule has 0 aliphatic heterocycles. The predicted octanol–water partition coefficient (Wildman–Crippen LogP) is 4.16. The molecule has 10 heteroatoms. The van der Waals surface area contributed by atoms with Crippen LogP contribution < -0.4 is 5.32 Å². The Kier molecular flexibility index (Phi) is 6.06. The summed E-state index contributed by atoms with van der Waals surface area (Å²) in [5.74, 6) is -0.0180. The first-order valence-electron chi connectivity index (χ1n) is 9.52. The second-order valence-corrected chi connectivity index (χ2v) is 8.36. The van der Waals surface area contributed by atoms with Gasteiger partial charge in [0.05, 0.1) is 34.2 Å². The van der Waals surface area contributed by atoms with E-state index in [0.29, 0.717) is 15.9 Å². The first-order chi connectivity index (χ1) is 14.9. The third-order valence-corrected chi connectivity index (χ3v) is 5.81. The van der Waals surface area contributed by atoms with Gasteiger partial charge < -0.3 is 5.32 Å². The molecule has 0 atom stereocenters. The summed E-state index contributed by atoms with van der Waals surface area (Å²) in [4.78, 5) is 12.6. The molecule has 4 aromatic rings. The van der Waals surface area contributed by atoms with Gasteiger partial charge in [0.25, 0.3) is 0 Å². The monoisotopic (exact) mass is 453 g/mol. The molecule has 0 saturated heterocycles. The number of carbonyl (C=O) groups excluding carboxylic acids is 1. The number of thioether (sulfide) groups is 1. The second-order valence-electron chi connectivity index (χ2n) is 6.98. The summed E-state index contributed by atoms with van der Waals surface area (Å²) in [6, 6.07) is 15.3. The van der Waals surface area contributed by atoms with Gasteiger partial charge in [0, 0.05) is 5.02 Å². The van der Waals surface area contributed by atoms with Gasteiger partial charge in [0.1, 0.15) is 0 Å². The summed E-state index contributed by atoms with van der Waals surface area (Å²) < 4.78 is 3.38. The molecule has 0 spiro atoms. The van der Waals surface area contributed by atoms with Crippen molar-refractivity contribution >= 4 is 35.0 Å². The van der Waals surface area contributed by atoms with Crippen LogP contribution in [0.25, 0.3) is 11.4 Å². The number of nitrogens with zero attached hydrogens (tertiary/aromatic N) is 6. The van der Waals surface area contributed by atoms with Crippen molar-refractivity contribution < 1.29 is 4.79 Å². The van der Waals surface area contributed by atoms with Crippen LogP contribution in [0.1, 0.15) is 17.0 Å². The Morgan fingerprint density at radius 1 is 1.06 bits per heavy atom. The lowest BCUT2D eigenvalue weighted by molar-refractivity contribution is -0.113. The molecule has 8 nitrogen and oxygen atoms in total. The minimum Gasteiger partial charge on any atom is -0.322 e.